The zero-order valence-corrected chi connectivity index (χ0v) is 18.6. The second-order valence-corrected chi connectivity index (χ2v) is 8.05. The maximum atomic E-state index is 11.2. The van der Waals surface area contributed by atoms with Gasteiger partial charge in [-0.1, -0.05) is 18.2 Å². The van der Waals surface area contributed by atoms with Crippen molar-refractivity contribution in [3.05, 3.63) is 52.2 Å². The largest absolute Gasteiger partial charge is 0.357 e. The highest BCUT2D eigenvalue weighted by Crippen LogP contribution is 2.09. The van der Waals surface area contributed by atoms with Gasteiger partial charge >= 0.3 is 0 Å². The van der Waals surface area contributed by atoms with Crippen LogP contribution < -0.4 is 15.8 Å². The first-order valence-corrected chi connectivity index (χ1v) is 10.6. The van der Waals surface area contributed by atoms with Crippen LogP contribution in [0.4, 0.5) is 0 Å². The van der Waals surface area contributed by atoms with E-state index in [0.29, 0.717) is 6.54 Å². The molecule has 0 amide bonds. The molecule has 1 aromatic carbocycles. The molecule has 0 saturated carbocycles. The van der Waals surface area contributed by atoms with Crippen molar-refractivity contribution in [3.8, 4) is 0 Å². The molecule has 0 aliphatic heterocycles. The van der Waals surface area contributed by atoms with Crippen LogP contribution in [0.5, 0.6) is 0 Å². The van der Waals surface area contributed by atoms with E-state index in [1.165, 1.54) is 17.0 Å². The van der Waals surface area contributed by atoms with Crippen LogP contribution >= 0.6 is 35.3 Å². The predicted molar refractivity (Wildman–Crippen MR) is 119 cm³/mol. The molecule has 0 aliphatic carbocycles. The summed E-state index contributed by atoms with van der Waals surface area (Å²) in [6, 6.07) is 10.8. The minimum atomic E-state index is -3.63. The van der Waals surface area contributed by atoms with Crippen molar-refractivity contribution >= 4 is 51.3 Å². The van der Waals surface area contributed by atoms with Gasteiger partial charge in [-0.3, -0.25) is 4.99 Å². The fourth-order valence-electron chi connectivity index (χ4n) is 2.25. The minimum absolute atomic E-state index is 0. The third-order valence-electron chi connectivity index (χ3n) is 3.51. The van der Waals surface area contributed by atoms with Crippen molar-refractivity contribution in [2.75, 3.05) is 19.6 Å². The number of nitrogens with two attached hydrogens (primary N) is 1. The number of hydrogen-bond acceptors (Lipinski definition) is 4. The zero-order valence-electron chi connectivity index (χ0n) is 14.6. The number of halogens is 1. The number of sulfonamides is 1. The second-order valence-electron chi connectivity index (χ2n) is 5.46. The van der Waals surface area contributed by atoms with Gasteiger partial charge in [0.2, 0.25) is 10.0 Å². The molecule has 0 bridgehead atoms. The Morgan fingerprint density at radius 3 is 2.46 bits per heavy atom. The Morgan fingerprint density at radius 1 is 1.15 bits per heavy atom. The molecule has 0 fully saturated rings. The van der Waals surface area contributed by atoms with Gasteiger partial charge in [0, 0.05) is 30.9 Å². The van der Waals surface area contributed by atoms with E-state index >= 15 is 0 Å². The summed E-state index contributed by atoms with van der Waals surface area (Å²) >= 11 is 1.74. The molecule has 9 heteroatoms. The molecule has 2 rings (SSSR count). The normalized spacial score (nSPS) is 11.7. The summed E-state index contributed by atoms with van der Waals surface area (Å²) in [5.74, 6) is 0.792. The summed E-state index contributed by atoms with van der Waals surface area (Å²) in [4.78, 5) is 6.03. The third-order valence-corrected chi connectivity index (χ3v) is 5.38. The number of rotatable bonds is 8. The Kier molecular flexibility index (Phi) is 10.1. The van der Waals surface area contributed by atoms with Gasteiger partial charge < -0.3 is 10.6 Å². The van der Waals surface area contributed by atoms with Crippen LogP contribution in [0.1, 0.15) is 17.4 Å². The van der Waals surface area contributed by atoms with E-state index in [1.807, 2.05) is 13.0 Å². The molecule has 0 saturated heterocycles. The fraction of sp³-hybridized carbons (Fsp3) is 0.353. The Bertz CT molecular complexity index is 776. The number of thiophene rings is 1. The summed E-state index contributed by atoms with van der Waals surface area (Å²) in [6.45, 7) is 4.27. The standard InChI is InChI=1S/C17H24N4O2S2.HI/c1-2-19-17(21-12-10-15-4-3-13-24-15)20-11-9-14-5-7-16(8-6-14)25(18,22)23;/h3-8,13H,2,9-12H2,1H3,(H2,18,22,23)(H2,19,20,21);1H. The van der Waals surface area contributed by atoms with Crippen molar-refractivity contribution in [2.45, 2.75) is 24.7 Å². The topological polar surface area (TPSA) is 96.6 Å². The Balaban J connectivity index is 0.00000338. The van der Waals surface area contributed by atoms with Crippen molar-refractivity contribution in [1.29, 1.82) is 0 Å². The number of guanidine groups is 1. The van der Waals surface area contributed by atoms with Crippen LogP contribution in [0.2, 0.25) is 0 Å². The number of primary sulfonamides is 1. The number of benzene rings is 1. The monoisotopic (exact) mass is 508 g/mol. The number of nitrogens with zero attached hydrogens (tertiary/aromatic N) is 1. The van der Waals surface area contributed by atoms with E-state index in [4.69, 9.17) is 5.14 Å². The molecule has 0 atom stereocenters. The average Bonchev–Trinajstić information content (AvgIpc) is 3.08. The lowest BCUT2D eigenvalue weighted by atomic mass is 10.1. The van der Waals surface area contributed by atoms with Crippen molar-refractivity contribution < 1.29 is 8.42 Å². The SMILES string of the molecule is CCNC(=NCCc1cccs1)NCCc1ccc(S(N)(=O)=O)cc1.I. The molecule has 26 heavy (non-hydrogen) atoms. The molecule has 4 N–H and O–H groups in total. The van der Waals surface area contributed by atoms with Crippen molar-refractivity contribution in [2.24, 2.45) is 10.1 Å². The highest BCUT2D eigenvalue weighted by atomic mass is 127. The van der Waals surface area contributed by atoms with Gasteiger partial charge in [0.25, 0.3) is 0 Å². The molecule has 6 nitrogen and oxygen atoms in total. The molecule has 2 aromatic rings. The van der Waals surface area contributed by atoms with Gasteiger partial charge in [0.15, 0.2) is 5.96 Å². The van der Waals surface area contributed by atoms with Gasteiger partial charge in [-0.25, -0.2) is 13.6 Å². The lowest BCUT2D eigenvalue weighted by Crippen LogP contribution is -2.38. The van der Waals surface area contributed by atoms with Crippen LogP contribution in [0.15, 0.2) is 51.7 Å². The smallest absolute Gasteiger partial charge is 0.238 e. The van der Waals surface area contributed by atoms with Crippen LogP contribution in [0, 0.1) is 0 Å². The Labute approximate surface area is 176 Å². The summed E-state index contributed by atoms with van der Waals surface area (Å²) < 4.78 is 22.5. The lowest BCUT2D eigenvalue weighted by Gasteiger charge is -2.11. The van der Waals surface area contributed by atoms with Crippen LogP contribution in [0.3, 0.4) is 0 Å². The van der Waals surface area contributed by atoms with E-state index < -0.39 is 10.0 Å². The molecule has 1 heterocycles. The summed E-state index contributed by atoms with van der Waals surface area (Å²) in [7, 11) is -3.63. The van der Waals surface area contributed by atoms with Crippen LogP contribution in [-0.4, -0.2) is 34.0 Å². The Hall–Kier alpha value is -1.17. The lowest BCUT2D eigenvalue weighted by molar-refractivity contribution is 0.598. The third kappa shape index (κ3) is 8.02. The molecule has 144 valence electrons. The predicted octanol–water partition coefficient (Wildman–Crippen LogP) is 2.35. The van der Waals surface area contributed by atoms with E-state index in [1.54, 1.807) is 23.5 Å². The van der Waals surface area contributed by atoms with Crippen LogP contribution in [-0.2, 0) is 22.9 Å². The highest BCUT2D eigenvalue weighted by Gasteiger charge is 2.06. The first kappa shape index (κ1) is 22.9. The molecule has 0 radical (unpaired) electrons. The molecule has 0 aliphatic rings. The Morgan fingerprint density at radius 2 is 1.88 bits per heavy atom. The maximum absolute atomic E-state index is 11.2. The molecule has 0 spiro atoms. The van der Waals surface area contributed by atoms with E-state index in [0.717, 1.165) is 37.5 Å². The van der Waals surface area contributed by atoms with E-state index in [2.05, 4.69) is 27.1 Å². The number of nitrogens with one attached hydrogen (secondary N) is 2. The van der Waals surface area contributed by atoms with Crippen molar-refractivity contribution in [3.63, 3.8) is 0 Å². The summed E-state index contributed by atoms with van der Waals surface area (Å²) in [6.07, 6.45) is 1.70. The van der Waals surface area contributed by atoms with Gasteiger partial charge in [0.1, 0.15) is 0 Å². The first-order valence-electron chi connectivity index (χ1n) is 8.15. The van der Waals surface area contributed by atoms with Gasteiger partial charge in [-0.15, -0.1) is 35.3 Å². The molecule has 1 aromatic heterocycles. The fourth-order valence-corrected chi connectivity index (χ4v) is 3.46. The summed E-state index contributed by atoms with van der Waals surface area (Å²) in [5, 5.41) is 13.7. The van der Waals surface area contributed by atoms with E-state index in [-0.39, 0.29) is 28.9 Å². The number of aliphatic imine (C=N–C) groups is 1. The molecular weight excluding hydrogens is 483 g/mol. The maximum Gasteiger partial charge on any atom is 0.238 e. The van der Waals surface area contributed by atoms with Crippen LogP contribution in [0.25, 0.3) is 0 Å². The summed E-state index contributed by atoms with van der Waals surface area (Å²) in [5.41, 5.74) is 1.04. The molecule has 0 unspecified atom stereocenters. The average molecular weight is 508 g/mol. The van der Waals surface area contributed by atoms with Crippen molar-refractivity contribution in [1.82, 2.24) is 10.6 Å². The molecular formula is C17H25IN4O2S2. The minimum Gasteiger partial charge on any atom is -0.357 e. The second kappa shape index (κ2) is 11.5. The quantitative estimate of drug-likeness (QED) is 0.290. The first-order chi connectivity index (χ1) is 12.0. The number of hydrogen-bond donors (Lipinski definition) is 3. The van der Waals surface area contributed by atoms with E-state index in [9.17, 15) is 8.42 Å². The zero-order chi connectivity index (χ0) is 18.1. The highest BCUT2D eigenvalue weighted by molar-refractivity contribution is 14.0. The van der Waals surface area contributed by atoms with Gasteiger partial charge in [-0.2, -0.15) is 0 Å². The van der Waals surface area contributed by atoms with Gasteiger partial charge in [-0.05, 0) is 42.5 Å². The van der Waals surface area contributed by atoms with Gasteiger partial charge in [0.05, 0.1) is 4.90 Å².